The van der Waals surface area contributed by atoms with Gasteiger partial charge in [-0.2, -0.15) is 6.08 Å². The van der Waals surface area contributed by atoms with Gasteiger partial charge in [0, 0.05) is 26.2 Å². The maximum absolute atomic E-state index is 3.30. The molecule has 0 saturated heterocycles. The number of unbranched alkanes of at least 4 members (excludes halogenated alkanes) is 1. The molecule has 0 amide bonds. The number of rotatable bonds is 3. The predicted octanol–water partition coefficient (Wildman–Crippen LogP) is 3.71. The second-order valence-electron chi connectivity index (χ2n) is 2.41. The van der Waals surface area contributed by atoms with E-state index in [2.05, 4.69) is 25.2 Å². The van der Waals surface area contributed by atoms with Crippen LogP contribution in [0.4, 0.5) is 0 Å². The Labute approximate surface area is 107 Å². The summed E-state index contributed by atoms with van der Waals surface area (Å²) in [6.07, 6.45) is 12.5. The molecule has 1 aliphatic rings. The van der Waals surface area contributed by atoms with Crippen molar-refractivity contribution >= 4 is 24.8 Å². The zero-order valence-electron chi connectivity index (χ0n) is 7.30. The molecule has 0 N–H and O–H groups in total. The van der Waals surface area contributed by atoms with Gasteiger partial charge in [-0.1, -0.05) is 26.2 Å². The first-order chi connectivity index (χ1) is 4.43. The molecule has 3 heteroatoms. The quantitative estimate of drug-likeness (QED) is 0.694. The second-order valence-corrected chi connectivity index (χ2v) is 2.41. The standard InChI is InChI=1S/C9H13.2ClH.Zr/c1-2-3-6-9-7-4-5-8-9;;;/h4,7H,2-3,5-6H2,1H3;2*1H;/q-1;;;. The Kier molecular flexibility index (Phi) is 18.6. The van der Waals surface area contributed by atoms with Crippen LogP contribution < -0.4 is 0 Å². The van der Waals surface area contributed by atoms with Crippen molar-refractivity contribution in [2.24, 2.45) is 0 Å². The maximum atomic E-state index is 3.30. The molecule has 1 aliphatic carbocycles. The van der Waals surface area contributed by atoms with E-state index in [1.54, 1.807) is 0 Å². The molecular weight excluding hydrogens is 270 g/mol. The van der Waals surface area contributed by atoms with E-state index in [0.29, 0.717) is 0 Å². The van der Waals surface area contributed by atoms with Gasteiger partial charge in [-0.15, -0.1) is 31.2 Å². The SMILES string of the molecule is CCCCC1=[C-]CC=C1.Cl.Cl.[Zr]. The van der Waals surface area contributed by atoms with E-state index in [1.807, 2.05) is 0 Å². The Hall–Kier alpha value is 0.943. The molecule has 0 aromatic heterocycles. The van der Waals surface area contributed by atoms with Gasteiger partial charge in [-0.25, -0.2) is 11.6 Å². The summed E-state index contributed by atoms with van der Waals surface area (Å²) in [5.74, 6) is 0. The van der Waals surface area contributed by atoms with E-state index in [-0.39, 0.29) is 51.0 Å². The van der Waals surface area contributed by atoms with Gasteiger partial charge >= 0.3 is 0 Å². The summed E-state index contributed by atoms with van der Waals surface area (Å²) in [4.78, 5) is 0. The van der Waals surface area contributed by atoms with E-state index in [4.69, 9.17) is 0 Å². The van der Waals surface area contributed by atoms with Crippen LogP contribution in [0.25, 0.3) is 0 Å². The van der Waals surface area contributed by atoms with E-state index in [0.717, 1.165) is 6.42 Å². The molecule has 0 heterocycles. The third-order valence-corrected chi connectivity index (χ3v) is 1.57. The number of hydrogen-bond acceptors (Lipinski definition) is 0. The molecule has 0 unspecified atom stereocenters. The van der Waals surface area contributed by atoms with E-state index in [1.165, 1.54) is 24.8 Å². The van der Waals surface area contributed by atoms with Crippen LogP contribution in [0.5, 0.6) is 0 Å². The zero-order chi connectivity index (χ0) is 6.53. The van der Waals surface area contributed by atoms with Crippen molar-refractivity contribution in [3.63, 3.8) is 0 Å². The Morgan fingerprint density at radius 2 is 2.08 bits per heavy atom. The molecule has 0 atom stereocenters. The molecule has 0 fully saturated rings. The maximum Gasteiger partial charge on any atom is 0 e. The molecule has 0 radical (unpaired) electrons. The summed E-state index contributed by atoms with van der Waals surface area (Å²) in [5.41, 5.74) is 1.41. The van der Waals surface area contributed by atoms with Crippen LogP contribution in [-0.2, 0) is 26.2 Å². The van der Waals surface area contributed by atoms with Crippen molar-refractivity contribution in [1.82, 2.24) is 0 Å². The number of halogens is 2. The fraction of sp³-hybridized carbons (Fsp3) is 0.556. The van der Waals surface area contributed by atoms with Gasteiger partial charge in [0.25, 0.3) is 0 Å². The van der Waals surface area contributed by atoms with Gasteiger partial charge in [0.15, 0.2) is 0 Å². The molecular formula is C9H15Cl2Zr-. The van der Waals surface area contributed by atoms with Gasteiger partial charge in [-0.05, 0) is 0 Å². The third-order valence-electron chi connectivity index (χ3n) is 1.57. The molecule has 0 aromatic rings. The average Bonchev–Trinajstić information content (AvgIpc) is 2.34. The van der Waals surface area contributed by atoms with E-state index in [9.17, 15) is 0 Å². The van der Waals surface area contributed by atoms with Crippen LogP contribution in [0, 0.1) is 6.08 Å². The van der Waals surface area contributed by atoms with E-state index >= 15 is 0 Å². The summed E-state index contributed by atoms with van der Waals surface area (Å²) >= 11 is 0. The van der Waals surface area contributed by atoms with Gasteiger partial charge in [0.05, 0.1) is 0 Å². The van der Waals surface area contributed by atoms with Crippen LogP contribution in [-0.4, -0.2) is 0 Å². The first kappa shape index (κ1) is 18.7. The minimum atomic E-state index is 0. The molecule has 1 rings (SSSR count). The molecule has 0 aliphatic heterocycles. The molecule has 0 aromatic carbocycles. The molecule has 12 heavy (non-hydrogen) atoms. The second kappa shape index (κ2) is 11.9. The van der Waals surface area contributed by atoms with Crippen molar-refractivity contribution in [3.8, 4) is 0 Å². The molecule has 0 saturated carbocycles. The van der Waals surface area contributed by atoms with Crippen molar-refractivity contribution in [1.29, 1.82) is 0 Å². The van der Waals surface area contributed by atoms with E-state index < -0.39 is 0 Å². The minimum Gasteiger partial charge on any atom is -0.269 e. The van der Waals surface area contributed by atoms with Crippen molar-refractivity contribution < 1.29 is 26.2 Å². The van der Waals surface area contributed by atoms with Crippen LogP contribution in [0.3, 0.4) is 0 Å². The first-order valence-corrected chi connectivity index (χ1v) is 3.69. The summed E-state index contributed by atoms with van der Waals surface area (Å²) in [6, 6.07) is 0. The molecule has 70 valence electrons. The fourth-order valence-electron chi connectivity index (χ4n) is 0.989. The monoisotopic (exact) mass is 283 g/mol. The van der Waals surface area contributed by atoms with Gasteiger partial charge in [0.2, 0.25) is 0 Å². The largest absolute Gasteiger partial charge is 0.269 e. The van der Waals surface area contributed by atoms with Crippen molar-refractivity contribution in [3.05, 3.63) is 23.8 Å². The molecule has 0 spiro atoms. The Balaban J connectivity index is -0.000000270. The topological polar surface area (TPSA) is 0 Å². The fourth-order valence-corrected chi connectivity index (χ4v) is 0.989. The number of hydrogen-bond donors (Lipinski definition) is 0. The summed E-state index contributed by atoms with van der Waals surface area (Å²) in [5, 5.41) is 0. The number of allylic oxidation sites excluding steroid dienone is 4. The normalized spacial score (nSPS) is 12.2. The predicted molar refractivity (Wildman–Crippen MR) is 54.5 cm³/mol. The van der Waals surface area contributed by atoms with Crippen molar-refractivity contribution in [2.75, 3.05) is 0 Å². The van der Waals surface area contributed by atoms with Crippen LogP contribution in [0.2, 0.25) is 0 Å². The van der Waals surface area contributed by atoms with Crippen LogP contribution in [0.15, 0.2) is 17.7 Å². The smallest absolute Gasteiger partial charge is 0 e. The van der Waals surface area contributed by atoms with Crippen LogP contribution in [0.1, 0.15) is 32.6 Å². The van der Waals surface area contributed by atoms with Gasteiger partial charge < -0.3 is 0 Å². The molecule has 0 nitrogen and oxygen atoms in total. The third kappa shape index (κ3) is 7.58. The first-order valence-electron chi connectivity index (χ1n) is 3.69. The Morgan fingerprint density at radius 3 is 2.50 bits per heavy atom. The van der Waals surface area contributed by atoms with Crippen molar-refractivity contribution in [2.45, 2.75) is 32.6 Å². The zero-order valence-corrected chi connectivity index (χ0v) is 11.4. The summed E-state index contributed by atoms with van der Waals surface area (Å²) in [7, 11) is 0. The van der Waals surface area contributed by atoms with Gasteiger partial charge in [0.1, 0.15) is 0 Å². The Bertz CT molecular complexity index is 141. The Morgan fingerprint density at radius 1 is 1.42 bits per heavy atom. The van der Waals surface area contributed by atoms with Crippen LogP contribution >= 0.6 is 24.8 Å². The average molecular weight is 285 g/mol. The summed E-state index contributed by atoms with van der Waals surface area (Å²) in [6.45, 7) is 2.22. The molecule has 0 bridgehead atoms. The minimum absolute atomic E-state index is 0. The van der Waals surface area contributed by atoms with Gasteiger partial charge in [-0.3, -0.25) is 6.08 Å². The summed E-state index contributed by atoms with van der Waals surface area (Å²) < 4.78 is 0.